The van der Waals surface area contributed by atoms with Gasteiger partial charge in [-0.3, -0.25) is 0 Å². The fourth-order valence-electron chi connectivity index (χ4n) is 1.80. The molecular weight excluding hydrogens is 313 g/mol. The van der Waals surface area contributed by atoms with Gasteiger partial charge in [0, 0.05) is 0 Å². The van der Waals surface area contributed by atoms with Crippen molar-refractivity contribution in [3.8, 4) is 11.3 Å². The topological polar surface area (TPSA) is 51.8 Å². The van der Waals surface area contributed by atoms with Gasteiger partial charge in [-0.2, -0.15) is 0 Å². The minimum absolute atomic E-state index is 0.0726. The van der Waals surface area contributed by atoms with Crippen LogP contribution in [0, 0.1) is 0 Å². The molecule has 1 heterocycles. The minimum atomic E-state index is 0.0726. The van der Waals surface area contributed by atoms with Gasteiger partial charge in [-0.1, -0.05) is 0 Å². The predicted octanol–water partition coefficient (Wildman–Crippen LogP) is 1.38. The molecule has 0 atom stereocenters. The maximum atomic E-state index is 5.96. The van der Waals surface area contributed by atoms with E-state index in [4.69, 9.17) is 5.73 Å². The van der Waals surface area contributed by atoms with E-state index >= 15 is 0 Å². The SMILES string of the molecule is Nc1ncc(-c2ccccc2)nc1[Se]c1ccccc1. The van der Waals surface area contributed by atoms with Gasteiger partial charge in [-0.05, 0) is 0 Å². The average molecular weight is 326 g/mol. The second-order valence-electron chi connectivity index (χ2n) is 4.23. The molecule has 3 rings (SSSR count). The number of hydrogen-bond donors (Lipinski definition) is 1. The summed E-state index contributed by atoms with van der Waals surface area (Å²) in [4.78, 5) is 8.96. The van der Waals surface area contributed by atoms with Crippen LogP contribution in [-0.4, -0.2) is 24.9 Å². The van der Waals surface area contributed by atoms with Gasteiger partial charge in [0.25, 0.3) is 0 Å². The molecule has 0 saturated carbocycles. The van der Waals surface area contributed by atoms with Crippen LogP contribution in [0.5, 0.6) is 0 Å². The average Bonchev–Trinajstić information content (AvgIpc) is 2.51. The first-order chi connectivity index (χ1) is 9.83. The Kier molecular flexibility index (Phi) is 3.77. The Hall–Kier alpha value is -2.16. The van der Waals surface area contributed by atoms with Crippen molar-refractivity contribution in [2.75, 3.05) is 5.73 Å². The molecule has 0 aliphatic carbocycles. The molecule has 3 aromatic rings. The molecule has 0 aliphatic rings. The molecule has 2 N–H and O–H groups in total. The summed E-state index contributed by atoms with van der Waals surface area (Å²) < 4.78 is 2.12. The van der Waals surface area contributed by atoms with Gasteiger partial charge in [-0.15, -0.1) is 0 Å². The van der Waals surface area contributed by atoms with Crippen LogP contribution >= 0.6 is 0 Å². The van der Waals surface area contributed by atoms with Crippen molar-refractivity contribution < 1.29 is 0 Å². The van der Waals surface area contributed by atoms with E-state index in [1.807, 2.05) is 48.5 Å². The van der Waals surface area contributed by atoms with Crippen molar-refractivity contribution in [3.05, 3.63) is 66.9 Å². The molecule has 0 spiro atoms. The summed E-state index contributed by atoms with van der Waals surface area (Å²) in [5, 5.41) is 0. The summed E-state index contributed by atoms with van der Waals surface area (Å²) in [6, 6.07) is 20.3. The van der Waals surface area contributed by atoms with E-state index in [0.29, 0.717) is 5.82 Å². The first-order valence-electron chi connectivity index (χ1n) is 6.24. The third-order valence-corrected chi connectivity index (χ3v) is 4.90. The van der Waals surface area contributed by atoms with E-state index < -0.39 is 0 Å². The van der Waals surface area contributed by atoms with Gasteiger partial charge in [0.15, 0.2) is 0 Å². The van der Waals surface area contributed by atoms with Crippen molar-refractivity contribution in [2.45, 2.75) is 0 Å². The van der Waals surface area contributed by atoms with Crippen LogP contribution in [-0.2, 0) is 0 Å². The van der Waals surface area contributed by atoms with Crippen molar-refractivity contribution >= 4 is 29.8 Å². The van der Waals surface area contributed by atoms with Crippen LogP contribution in [0.1, 0.15) is 0 Å². The molecule has 0 fully saturated rings. The molecule has 4 heteroatoms. The van der Waals surface area contributed by atoms with Crippen LogP contribution in [0.4, 0.5) is 5.82 Å². The molecular formula is C16H13N3Se. The number of aromatic nitrogens is 2. The monoisotopic (exact) mass is 327 g/mol. The number of nitrogen functional groups attached to an aromatic ring is 1. The van der Waals surface area contributed by atoms with Gasteiger partial charge < -0.3 is 0 Å². The first-order valence-corrected chi connectivity index (χ1v) is 7.95. The van der Waals surface area contributed by atoms with Crippen LogP contribution in [0.2, 0.25) is 0 Å². The van der Waals surface area contributed by atoms with Gasteiger partial charge in [0.1, 0.15) is 0 Å². The number of rotatable bonds is 3. The Bertz CT molecular complexity index is 699. The summed E-state index contributed by atoms with van der Waals surface area (Å²) in [7, 11) is 0. The maximum absolute atomic E-state index is 5.96. The quantitative estimate of drug-likeness (QED) is 0.740. The molecule has 20 heavy (non-hydrogen) atoms. The zero-order valence-corrected chi connectivity index (χ0v) is 12.4. The Balaban J connectivity index is 1.95. The van der Waals surface area contributed by atoms with E-state index in [9.17, 15) is 0 Å². The van der Waals surface area contributed by atoms with Crippen LogP contribution in [0.25, 0.3) is 11.3 Å². The first kappa shape index (κ1) is 12.9. The molecule has 0 amide bonds. The zero-order valence-electron chi connectivity index (χ0n) is 10.7. The number of benzene rings is 2. The van der Waals surface area contributed by atoms with Crippen LogP contribution in [0.3, 0.4) is 0 Å². The van der Waals surface area contributed by atoms with Crippen molar-refractivity contribution in [1.29, 1.82) is 0 Å². The number of nitrogens with zero attached hydrogens (tertiary/aromatic N) is 2. The van der Waals surface area contributed by atoms with Crippen LogP contribution in [0.15, 0.2) is 66.9 Å². The van der Waals surface area contributed by atoms with Crippen molar-refractivity contribution in [1.82, 2.24) is 9.97 Å². The Morgan fingerprint density at radius 2 is 1.50 bits per heavy atom. The second kappa shape index (κ2) is 5.86. The summed E-state index contributed by atoms with van der Waals surface area (Å²) in [5.74, 6) is 0.522. The molecule has 1 aromatic heterocycles. The second-order valence-corrected chi connectivity index (χ2v) is 6.46. The summed E-state index contributed by atoms with van der Waals surface area (Å²) in [6.45, 7) is 0. The Morgan fingerprint density at radius 3 is 2.20 bits per heavy atom. The van der Waals surface area contributed by atoms with E-state index in [1.54, 1.807) is 6.20 Å². The molecule has 0 bridgehead atoms. The molecule has 0 aliphatic heterocycles. The Morgan fingerprint density at radius 1 is 0.850 bits per heavy atom. The van der Waals surface area contributed by atoms with E-state index in [1.165, 1.54) is 4.46 Å². The molecule has 0 saturated heterocycles. The van der Waals surface area contributed by atoms with Crippen molar-refractivity contribution in [2.24, 2.45) is 0 Å². The number of hydrogen-bond acceptors (Lipinski definition) is 3. The predicted molar refractivity (Wildman–Crippen MR) is 83.3 cm³/mol. The van der Waals surface area contributed by atoms with Gasteiger partial charge in [0.2, 0.25) is 0 Å². The van der Waals surface area contributed by atoms with Crippen molar-refractivity contribution in [3.63, 3.8) is 0 Å². The van der Waals surface area contributed by atoms with Gasteiger partial charge >= 0.3 is 124 Å². The van der Waals surface area contributed by atoms with Gasteiger partial charge in [-0.25, -0.2) is 0 Å². The Labute approximate surface area is 124 Å². The molecule has 0 unspecified atom stereocenters. The summed E-state index contributed by atoms with van der Waals surface area (Å²) in [6.07, 6.45) is 1.73. The summed E-state index contributed by atoms with van der Waals surface area (Å²) >= 11 is 0.0726. The van der Waals surface area contributed by atoms with Gasteiger partial charge in [0.05, 0.1) is 0 Å². The molecule has 0 radical (unpaired) electrons. The number of nitrogens with two attached hydrogens (primary N) is 1. The molecule has 98 valence electrons. The van der Waals surface area contributed by atoms with E-state index in [-0.39, 0.29) is 15.0 Å². The zero-order chi connectivity index (χ0) is 13.8. The number of anilines is 1. The van der Waals surface area contributed by atoms with E-state index in [0.717, 1.165) is 15.8 Å². The third-order valence-electron chi connectivity index (χ3n) is 2.79. The fourth-order valence-corrected chi connectivity index (χ4v) is 3.52. The third kappa shape index (κ3) is 2.87. The standard InChI is InChI=1S/C16H13N3Se/c17-15-16(20-13-9-5-2-6-10-13)19-14(11-18-15)12-7-3-1-4-8-12/h1-11H,(H2,17,18). The molecule has 3 nitrogen and oxygen atoms in total. The van der Waals surface area contributed by atoms with E-state index in [2.05, 4.69) is 22.1 Å². The fraction of sp³-hybridized carbons (Fsp3) is 0. The van der Waals surface area contributed by atoms with Crippen LogP contribution < -0.4 is 14.8 Å². The normalized spacial score (nSPS) is 10.4. The summed E-state index contributed by atoms with van der Waals surface area (Å²) in [5.41, 5.74) is 7.89. The molecule has 2 aromatic carbocycles.